The van der Waals surface area contributed by atoms with Gasteiger partial charge in [-0.2, -0.15) is 0 Å². The number of morpholine rings is 1. The van der Waals surface area contributed by atoms with Gasteiger partial charge in [-0.1, -0.05) is 36.4 Å². The van der Waals surface area contributed by atoms with Gasteiger partial charge in [-0.05, 0) is 18.2 Å². The number of benzene rings is 2. The van der Waals surface area contributed by atoms with Gasteiger partial charge in [-0.15, -0.1) is 0 Å². The van der Waals surface area contributed by atoms with E-state index in [2.05, 4.69) is 9.88 Å². The van der Waals surface area contributed by atoms with Gasteiger partial charge < -0.3 is 19.1 Å². The zero-order valence-corrected chi connectivity index (χ0v) is 17.3. The second-order valence-electron chi connectivity index (χ2n) is 7.72. The predicted molar refractivity (Wildman–Crippen MR) is 116 cm³/mol. The molecule has 7 nitrogen and oxygen atoms in total. The molecule has 1 saturated heterocycles. The van der Waals surface area contributed by atoms with Crippen LogP contribution in [-0.2, 0) is 11.3 Å². The number of para-hydroxylation sites is 2. The lowest BCUT2D eigenvalue weighted by molar-refractivity contribution is 0.0319. The van der Waals surface area contributed by atoms with Crippen LogP contribution in [0.4, 0.5) is 0 Å². The maximum absolute atomic E-state index is 13.5. The van der Waals surface area contributed by atoms with Crippen LogP contribution in [0.25, 0.3) is 10.9 Å². The van der Waals surface area contributed by atoms with Crippen molar-refractivity contribution in [2.75, 3.05) is 46.2 Å². The van der Waals surface area contributed by atoms with E-state index >= 15 is 0 Å². The first-order valence-electron chi connectivity index (χ1n) is 10.6. The zero-order chi connectivity index (χ0) is 21.0. The Morgan fingerprint density at radius 2 is 1.87 bits per heavy atom. The maximum Gasteiger partial charge on any atom is 0.272 e. The first-order valence-corrected chi connectivity index (χ1v) is 10.6. The predicted octanol–water partition coefficient (Wildman–Crippen LogP) is 2.94. The number of carbonyl (C=O) groups is 1. The van der Waals surface area contributed by atoms with Gasteiger partial charge in [0.2, 0.25) is 6.79 Å². The highest BCUT2D eigenvalue weighted by Crippen LogP contribution is 2.36. The minimum atomic E-state index is -0.0875. The number of carbonyl (C=O) groups excluding carboxylic acids is 1. The molecule has 3 heterocycles. The Labute approximate surface area is 181 Å². The molecule has 0 aliphatic carbocycles. The van der Waals surface area contributed by atoms with Gasteiger partial charge in [0, 0.05) is 43.7 Å². The van der Waals surface area contributed by atoms with Crippen molar-refractivity contribution in [3.05, 3.63) is 65.9 Å². The molecule has 0 unspecified atom stereocenters. The molecule has 2 aliphatic heterocycles. The fraction of sp³-hybridized carbons (Fsp3) is 0.333. The Morgan fingerprint density at radius 3 is 2.77 bits per heavy atom. The summed E-state index contributed by atoms with van der Waals surface area (Å²) in [5.41, 5.74) is 2.20. The zero-order valence-electron chi connectivity index (χ0n) is 17.3. The number of pyridine rings is 1. The molecule has 5 rings (SSSR count). The van der Waals surface area contributed by atoms with E-state index in [-0.39, 0.29) is 12.7 Å². The van der Waals surface area contributed by atoms with Crippen molar-refractivity contribution in [1.82, 2.24) is 14.8 Å². The summed E-state index contributed by atoms with van der Waals surface area (Å²) in [6, 6.07) is 17.4. The van der Waals surface area contributed by atoms with E-state index < -0.39 is 0 Å². The SMILES string of the molecule is O=C(c1ccc2ccccc2n1)N(CCN1CCOCC1)Cc1cccc2c1OCO2. The van der Waals surface area contributed by atoms with Crippen LogP contribution in [0.5, 0.6) is 11.5 Å². The highest BCUT2D eigenvalue weighted by Gasteiger charge is 2.24. The Balaban J connectivity index is 1.40. The van der Waals surface area contributed by atoms with E-state index in [0.29, 0.717) is 18.8 Å². The molecule has 1 fully saturated rings. The van der Waals surface area contributed by atoms with Crippen molar-refractivity contribution in [2.45, 2.75) is 6.54 Å². The van der Waals surface area contributed by atoms with Gasteiger partial charge in [-0.3, -0.25) is 9.69 Å². The van der Waals surface area contributed by atoms with Gasteiger partial charge >= 0.3 is 0 Å². The summed E-state index contributed by atoms with van der Waals surface area (Å²) in [4.78, 5) is 22.3. The second kappa shape index (κ2) is 8.91. The third kappa shape index (κ3) is 4.33. The van der Waals surface area contributed by atoms with E-state index in [9.17, 15) is 4.79 Å². The van der Waals surface area contributed by atoms with E-state index in [1.807, 2.05) is 53.4 Å². The summed E-state index contributed by atoms with van der Waals surface area (Å²) >= 11 is 0. The van der Waals surface area contributed by atoms with Crippen LogP contribution in [0.15, 0.2) is 54.6 Å². The Morgan fingerprint density at radius 1 is 1.00 bits per heavy atom. The average molecular weight is 419 g/mol. The molecule has 0 radical (unpaired) electrons. The molecule has 31 heavy (non-hydrogen) atoms. The van der Waals surface area contributed by atoms with E-state index in [0.717, 1.165) is 60.8 Å². The smallest absolute Gasteiger partial charge is 0.272 e. The van der Waals surface area contributed by atoms with Crippen LogP contribution in [0.3, 0.4) is 0 Å². The number of ether oxygens (including phenoxy) is 3. The maximum atomic E-state index is 13.5. The number of nitrogens with zero attached hydrogens (tertiary/aromatic N) is 3. The Bertz CT molecular complexity index is 1080. The molecular weight excluding hydrogens is 394 g/mol. The Hall–Kier alpha value is -3.16. The minimum Gasteiger partial charge on any atom is -0.454 e. The molecule has 160 valence electrons. The fourth-order valence-electron chi connectivity index (χ4n) is 4.01. The van der Waals surface area contributed by atoms with Crippen molar-refractivity contribution in [1.29, 1.82) is 0 Å². The molecule has 2 aliphatic rings. The third-order valence-electron chi connectivity index (χ3n) is 5.73. The van der Waals surface area contributed by atoms with Crippen LogP contribution in [0.2, 0.25) is 0 Å². The quantitative estimate of drug-likeness (QED) is 0.612. The van der Waals surface area contributed by atoms with Crippen LogP contribution in [0, 0.1) is 0 Å². The molecule has 7 heteroatoms. The molecule has 3 aromatic rings. The van der Waals surface area contributed by atoms with Crippen LogP contribution in [-0.4, -0.2) is 66.9 Å². The summed E-state index contributed by atoms with van der Waals surface area (Å²) in [5.74, 6) is 1.36. The number of hydrogen-bond donors (Lipinski definition) is 0. The first kappa shape index (κ1) is 19.8. The summed E-state index contributed by atoms with van der Waals surface area (Å²) in [5, 5.41) is 1.02. The Kier molecular flexibility index (Phi) is 5.69. The molecule has 0 N–H and O–H groups in total. The van der Waals surface area contributed by atoms with Gasteiger partial charge in [-0.25, -0.2) is 4.98 Å². The molecule has 0 spiro atoms. The summed E-state index contributed by atoms with van der Waals surface area (Å²) < 4.78 is 16.6. The largest absolute Gasteiger partial charge is 0.454 e. The van der Waals surface area contributed by atoms with E-state index in [1.165, 1.54) is 0 Å². The third-order valence-corrected chi connectivity index (χ3v) is 5.73. The van der Waals surface area contributed by atoms with Crippen LogP contribution < -0.4 is 9.47 Å². The van der Waals surface area contributed by atoms with Crippen molar-refractivity contribution in [3.8, 4) is 11.5 Å². The standard InChI is InChI=1S/C24H25N3O4/c28-24(21-9-8-18-4-1-2-6-20(18)25-21)27(11-10-26-12-14-29-15-13-26)16-19-5-3-7-22-23(19)31-17-30-22/h1-9H,10-17H2. The number of amides is 1. The molecule has 2 aromatic carbocycles. The van der Waals surface area contributed by atoms with Gasteiger partial charge in [0.05, 0.1) is 18.7 Å². The van der Waals surface area contributed by atoms with E-state index in [4.69, 9.17) is 14.2 Å². The first-order chi connectivity index (χ1) is 15.3. The van der Waals surface area contributed by atoms with Gasteiger partial charge in [0.25, 0.3) is 5.91 Å². The van der Waals surface area contributed by atoms with Crippen molar-refractivity contribution in [3.63, 3.8) is 0 Å². The topological polar surface area (TPSA) is 64.1 Å². The van der Waals surface area contributed by atoms with Gasteiger partial charge in [0.15, 0.2) is 11.5 Å². The molecule has 1 amide bonds. The summed E-state index contributed by atoms with van der Waals surface area (Å²) in [6.45, 7) is 5.26. The average Bonchev–Trinajstić information content (AvgIpc) is 3.31. The molecule has 0 atom stereocenters. The normalized spacial score (nSPS) is 15.9. The molecular formula is C24H25N3O4. The monoisotopic (exact) mass is 419 g/mol. The van der Waals surface area contributed by atoms with Gasteiger partial charge in [0.1, 0.15) is 5.69 Å². The molecule has 1 aromatic heterocycles. The van der Waals surface area contributed by atoms with Crippen molar-refractivity contribution in [2.24, 2.45) is 0 Å². The fourth-order valence-corrected chi connectivity index (χ4v) is 4.01. The lowest BCUT2D eigenvalue weighted by Crippen LogP contribution is -2.43. The highest BCUT2D eigenvalue weighted by molar-refractivity contribution is 5.95. The summed E-state index contributed by atoms with van der Waals surface area (Å²) in [6.07, 6.45) is 0. The van der Waals surface area contributed by atoms with Crippen molar-refractivity contribution >= 4 is 16.8 Å². The lowest BCUT2D eigenvalue weighted by atomic mass is 10.1. The highest BCUT2D eigenvalue weighted by atomic mass is 16.7. The van der Waals surface area contributed by atoms with Crippen molar-refractivity contribution < 1.29 is 19.0 Å². The minimum absolute atomic E-state index is 0.0875. The van der Waals surface area contributed by atoms with Crippen LogP contribution >= 0.6 is 0 Å². The second-order valence-corrected chi connectivity index (χ2v) is 7.72. The lowest BCUT2D eigenvalue weighted by Gasteiger charge is -2.30. The number of hydrogen-bond acceptors (Lipinski definition) is 6. The number of fused-ring (bicyclic) bond motifs is 2. The van der Waals surface area contributed by atoms with Crippen LogP contribution in [0.1, 0.15) is 16.1 Å². The molecule has 0 bridgehead atoms. The molecule has 0 saturated carbocycles. The number of rotatable bonds is 6. The number of aromatic nitrogens is 1. The van der Waals surface area contributed by atoms with E-state index in [1.54, 1.807) is 6.07 Å². The summed E-state index contributed by atoms with van der Waals surface area (Å²) in [7, 11) is 0.